The molecule has 3 rings (SSSR count). The lowest BCUT2D eigenvalue weighted by Crippen LogP contribution is -2.24. The lowest BCUT2D eigenvalue weighted by molar-refractivity contribution is -0.116. The number of hydrogen-bond acceptors (Lipinski definition) is 4. The van der Waals surface area contributed by atoms with Crippen LogP contribution in [-0.4, -0.2) is 29.0 Å². The Bertz CT molecular complexity index is 931. The second-order valence-electron chi connectivity index (χ2n) is 6.13. The summed E-state index contributed by atoms with van der Waals surface area (Å²) >= 11 is 1.19. The highest BCUT2D eigenvalue weighted by molar-refractivity contribution is 7.16. The molecule has 1 aromatic heterocycles. The van der Waals surface area contributed by atoms with Gasteiger partial charge in [0.1, 0.15) is 0 Å². The molecule has 0 bridgehead atoms. The summed E-state index contributed by atoms with van der Waals surface area (Å²) in [5.41, 5.74) is 2.84. The molecule has 6 heteroatoms. The fraction of sp³-hybridized carbons (Fsp3) is 0.263. The van der Waals surface area contributed by atoms with Gasteiger partial charge in [0.25, 0.3) is 0 Å². The Hall–Kier alpha value is -2.44. The third-order valence-corrected chi connectivity index (χ3v) is 5.09. The molecule has 130 valence electrons. The van der Waals surface area contributed by atoms with Crippen LogP contribution in [0.4, 0.5) is 5.69 Å². The zero-order valence-corrected chi connectivity index (χ0v) is 15.2. The van der Waals surface area contributed by atoms with Crippen molar-refractivity contribution < 1.29 is 4.79 Å². The first-order chi connectivity index (χ1) is 12.0. The third-order valence-electron chi connectivity index (χ3n) is 4.09. The minimum Gasteiger partial charge on any atom is -0.326 e. The zero-order valence-electron chi connectivity index (χ0n) is 14.4. The lowest BCUT2D eigenvalue weighted by Gasteiger charge is -2.16. The van der Waals surface area contributed by atoms with E-state index in [2.05, 4.69) is 22.3 Å². The molecule has 0 saturated heterocycles. The summed E-state index contributed by atoms with van der Waals surface area (Å²) in [7, 11) is 3.76. The number of nitrogens with one attached hydrogen (secondary N) is 1. The number of hydrogen-bond donors (Lipinski definition) is 1. The molecule has 0 aliphatic carbocycles. The van der Waals surface area contributed by atoms with Crippen LogP contribution in [0, 0.1) is 0 Å². The van der Waals surface area contributed by atoms with Gasteiger partial charge in [-0.15, -0.1) is 0 Å². The van der Waals surface area contributed by atoms with Gasteiger partial charge in [0, 0.05) is 32.2 Å². The summed E-state index contributed by atoms with van der Waals surface area (Å²) in [6, 6.07) is 15.7. The predicted octanol–water partition coefficient (Wildman–Crippen LogP) is 3.06. The lowest BCUT2D eigenvalue weighted by atomic mass is 10.2. The molecule has 0 fully saturated rings. The highest BCUT2D eigenvalue weighted by Crippen LogP contribution is 2.21. The van der Waals surface area contributed by atoms with Gasteiger partial charge in [-0.3, -0.25) is 9.59 Å². The minimum absolute atomic E-state index is 0.000938. The van der Waals surface area contributed by atoms with Crippen molar-refractivity contribution in [2.24, 2.45) is 7.05 Å². The average Bonchev–Trinajstić information content (AvgIpc) is 2.88. The molecule has 0 unspecified atom stereocenters. The standard InChI is InChI=1S/C19H21N3O2S/c1-21(13-14-6-4-3-5-7-14)11-10-18(23)20-15-8-9-16-17(12-15)25-19(24)22(16)2/h3-9,12H,10-11,13H2,1-2H3,(H,20,23). The van der Waals surface area contributed by atoms with Crippen molar-refractivity contribution >= 4 is 33.1 Å². The van der Waals surface area contributed by atoms with Crippen LogP contribution >= 0.6 is 11.3 Å². The summed E-state index contributed by atoms with van der Waals surface area (Å²) in [6.45, 7) is 1.50. The van der Waals surface area contributed by atoms with Crippen LogP contribution in [0.3, 0.4) is 0 Å². The van der Waals surface area contributed by atoms with Crippen molar-refractivity contribution in [1.29, 1.82) is 0 Å². The molecule has 0 aliphatic heterocycles. The Labute approximate surface area is 150 Å². The fourth-order valence-corrected chi connectivity index (χ4v) is 3.62. The molecular weight excluding hydrogens is 334 g/mol. The van der Waals surface area contributed by atoms with Crippen molar-refractivity contribution in [2.45, 2.75) is 13.0 Å². The number of carbonyl (C=O) groups excluding carboxylic acids is 1. The molecule has 0 aliphatic rings. The second kappa shape index (κ2) is 7.63. The monoisotopic (exact) mass is 355 g/mol. The SMILES string of the molecule is CN(CCC(=O)Nc1ccc2c(c1)sc(=O)n2C)Cc1ccccc1. The number of amides is 1. The average molecular weight is 355 g/mol. The minimum atomic E-state index is -0.0254. The van der Waals surface area contributed by atoms with Gasteiger partial charge in [0.15, 0.2) is 0 Å². The van der Waals surface area contributed by atoms with Crippen LogP contribution < -0.4 is 10.2 Å². The molecule has 1 N–H and O–H groups in total. The molecule has 1 heterocycles. The van der Waals surface area contributed by atoms with Gasteiger partial charge in [0.05, 0.1) is 10.2 Å². The van der Waals surface area contributed by atoms with Crippen LogP contribution in [0.2, 0.25) is 0 Å². The van der Waals surface area contributed by atoms with Crippen molar-refractivity contribution in [2.75, 3.05) is 18.9 Å². The van der Waals surface area contributed by atoms with Gasteiger partial charge in [-0.05, 0) is 30.8 Å². The van der Waals surface area contributed by atoms with Crippen LogP contribution in [0.1, 0.15) is 12.0 Å². The molecule has 1 amide bonds. The first kappa shape index (κ1) is 17.4. The summed E-state index contributed by atoms with van der Waals surface area (Å²) in [5, 5.41) is 2.91. The van der Waals surface area contributed by atoms with Gasteiger partial charge >= 0.3 is 4.87 Å². The normalized spacial score (nSPS) is 11.2. The molecule has 25 heavy (non-hydrogen) atoms. The summed E-state index contributed by atoms with van der Waals surface area (Å²) < 4.78 is 2.50. The quantitative estimate of drug-likeness (QED) is 0.739. The van der Waals surface area contributed by atoms with E-state index in [0.717, 1.165) is 22.4 Å². The van der Waals surface area contributed by atoms with Gasteiger partial charge in [-0.1, -0.05) is 41.7 Å². The van der Waals surface area contributed by atoms with E-state index in [-0.39, 0.29) is 10.8 Å². The number of nitrogens with zero attached hydrogens (tertiary/aromatic N) is 2. The van der Waals surface area contributed by atoms with Gasteiger partial charge in [-0.2, -0.15) is 0 Å². The van der Waals surface area contributed by atoms with E-state index in [4.69, 9.17) is 0 Å². The van der Waals surface area contributed by atoms with Gasteiger partial charge in [0.2, 0.25) is 5.91 Å². The number of anilines is 1. The van der Waals surface area contributed by atoms with Gasteiger partial charge < -0.3 is 14.8 Å². The Morgan fingerprint density at radius 2 is 1.96 bits per heavy atom. The molecule has 0 radical (unpaired) electrons. The maximum absolute atomic E-state index is 12.2. The van der Waals surface area contributed by atoms with E-state index in [9.17, 15) is 9.59 Å². The van der Waals surface area contributed by atoms with E-state index in [1.54, 1.807) is 11.6 Å². The van der Waals surface area contributed by atoms with Crippen LogP contribution in [0.5, 0.6) is 0 Å². The maximum atomic E-state index is 12.2. The van der Waals surface area contributed by atoms with E-state index in [1.807, 2.05) is 43.4 Å². The fourth-order valence-electron chi connectivity index (χ4n) is 2.70. The summed E-state index contributed by atoms with van der Waals surface area (Å²) in [4.78, 5) is 26.0. The van der Waals surface area contributed by atoms with Crippen molar-refractivity contribution in [3.63, 3.8) is 0 Å². The highest BCUT2D eigenvalue weighted by Gasteiger charge is 2.08. The summed E-state index contributed by atoms with van der Waals surface area (Å²) in [5.74, 6) is -0.0254. The predicted molar refractivity (Wildman–Crippen MR) is 103 cm³/mol. The van der Waals surface area contributed by atoms with E-state index < -0.39 is 0 Å². The first-order valence-corrected chi connectivity index (χ1v) is 8.96. The number of aromatic nitrogens is 1. The van der Waals surface area contributed by atoms with Crippen molar-refractivity contribution in [1.82, 2.24) is 9.47 Å². The molecular formula is C19H21N3O2S. The molecule has 0 saturated carbocycles. The summed E-state index contributed by atoms with van der Waals surface area (Å²) in [6.07, 6.45) is 0.423. The second-order valence-corrected chi connectivity index (χ2v) is 7.12. The van der Waals surface area contributed by atoms with Crippen molar-refractivity contribution in [3.8, 4) is 0 Å². The molecule has 5 nitrogen and oxygen atoms in total. The largest absolute Gasteiger partial charge is 0.326 e. The zero-order chi connectivity index (χ0) is 17.8. The van der Waals surface area contributed by atoms with Gasteiger partial charge in [-0.25, -0.2) is 0 Å². The number of carbonyl (C=O) groups is 1. The number of benzene rings is 2. The van der Waals surface area contributed by atoms with Crippen LogP contribution in [-0.2, 0) is 18.4 Å². The van der Waals surface area contributed by atoms with Crippen molar-refractivity contribution in [3.05, 3.63) is 63.8 Å². The first-order valence-electron chi connectivity index (χ1n) is 8.15. The number of aryl methyl sites for hydroxylation is 1. The topological polar surface area (TPSA) is 54.3 Å². The Balaban J connectivity index is 1.54. The Morgan fingerprint density at radius 1 is 1.20 bits per heavy atom. The highest BCUT2D eigenvalue weighted by atomic mass is 32.1. The number of thiazole rings is 1. The molecule has 3 aromatic rings. The van der Waals surface area contributed by atoms with Crippen LogP contribution in [0.15, 0.2) is 53.3 Å². The maximum Gasteiger partial charge on any atom is 0.307 e. The Morgan fingerprint density at radius 3 is 2.72 bits per heavy atom. The van der Waals surface area contributed by atoms with Crippen LogP contribution in [0.25, 0.3) is 10.2 Å². The number of fused-ring (bicyclic) bond motifs is 1. The van der Waals surface area contributed by atoms with E-state index in [0.29, 0.717) is 13.0 Å². The van der Waals surface area contributed by atoms with E-state index in [1.165, 1.54) is 16.9 Å². The van der Waals surface area contributed by atoms with E-state index >= 15 is 0 Å². The smallest absolute Gasteiger partial charge is 0.307 e. The Kier molecular flexibility index (Phi) is 5.31. The molecule has 0 spiro atoms. The number of rotatable bonds is 6. The molecule has 0 atom stereocenters. The molecule has 2 aromatic carbocycles. The third kappa shape index (κ3) is 4.35.